The van der Waals surface area contributed by atoms with Crippen LogP contribution in [0.5, 0.6) is 0 Å². The molecule has 0 radical (unpaired) electrons. The molecule has 2 rings (SSSR count). The van der Waals surface area contributed by atoms with E-state index in [9.17, 15) is 5.11 Å². The fraction of sp³-hybridized carbons (Fsp3) is 0.700. The molecule has 1 fully saturated rings. The average Bonchev–Trinajstić information content (AvgIpc) is 2.77. The van der Waals surface area contributed by atoms with Crippen LogP contribution in [0, 0.1) is 6.92 Å². The molecule has 0 bridgehead atoms. The normalized spacial score (nSPS) is 27.0. The molecule has 1 atom stereocenters. The zero-order chi connectivity index (χ0) is 10.0. The van der Waals surface area contributed by atoms with Crippen molar-refractivity contribution in [1.29, 1.82) is 0 Å². The zero-order valence-electron chi connectivity index (χ0n) is 8.42. The first kappa shape index (κ1) is 10.1. The Morgan fingerprint density at radius 3 is 3.07 bits per heavy atom. The number of thiazole rings is 1. The Labute approximate surface area is 88.2 Å². The molecule has 2 heterocycles. The van der Waals surface area contributed by atoms with Gasteiger partial charge in [-0.2, -0.15) is 0 Å². The van der Waals surface area contributed by atoms with Crippen LogP contribution in [0.15, 0.2) is 5.38 Å². The lowest BCUT2D eigenvalue weighted by atomic mass is 9.93. The summed E-state index contributed by atoms with van der Waals surface area (Å²) in [6.45, 7) is 3.25. The Hall–Kier alpha value is -0.450. The maximum absolute atomic E-state index is 9.40. The first-order valence-corrected chi connectivity index (χ1v) is 5.89. The third-order valence-corrected chi connectivity index (χ3v) is 3.64. The highest BCUT2D eigenvalue weighted by molar-refractivity contribution is 7.09. The number of nitrogens with one attached hydrogen (secondary N) is 1. The van der Waals surface area contributed by atoms with E-state index in [-0.39, 0.29) is 12.1 Å². The van der Waals surface area contributed by atoms with Gasteiger partial charge in [0.05, 0.1) is 17.3 Å². The zero-order valence-corrected chi connectivity index (χ0v) is 9.23. The maximum Gasteiger partial charge on any atom is 0.0897 e. The van der Waals surface area contributed by atoms with Crippen LogP contribution in [0.2, 0.25) is 0 Å². The Morgan fingerprint density at radius 1 is 1.71 bits per heavy atom. The van der Waals surface area contributed by atoms with Crippen LogP contribution in [0.4, 0.5) is 0 Å². The summed E-state index contributed by atoms with van der Waals surface area (Å²) in [4.78, 5) is 4.43. The van der Waals surface area contributed by atoms with Gasteiger partial charge in [0.15, 0.2) is 0 Å². The Morgan fingerprint density at radius 2 is 2.57 bits per heavy atom. The minimum atomic E-state index is -0.0967. The molecule has 1 aliphatic heterocycles. The largest absolute Gasteiger partial charge is 0.394 e. The monoisotopic (exact) mass is 212 g/mol. The van der Waals surface area contributed by atoms with E-state index < -0.39 is 0 Å². The van der Waals surface area contributed by atoms with Crippen molar-refractivity contribution < 1.29 is 5.11 Å². The van der Waals surface area contributed by atoms with E-state index in [1.165, 1.54) is 0 Å². The molecule has 14 heavy (non-hydrogen) atoms. The highest BCUT2D eigenvalue weighted by Crippen LogP contribution is 2.24. The number of aliphatic hydroxyl groups is 1. The number of nitrogens with zero attached hydrogens (tertiary/aromatic N) is 1. The predicted octanol–water partition coefficient (Wildman–Crippen LogP) is 1.11. The highest BCUT2D eigenvalue weighted by atomic mass is 32.1. The SMILES string of the molecule is Cc1nc(CC2(CO)CCCN2)cs1. The van der Waals surface area contributed by atoms with E-state index in [0.29, 0.717) is 0 Å². The predicted molar refractivity (Wildman–Crippen MR) is 57.6 cm³/mol. The van der Waals surface area contributed by atoms with Crippen molar-refractivity contribution in [2.45, 2.75) is 31.7 Å². The molecule has 2 N–H and O–H groups in total. The molecule has 1 aromatic heterocycles. The second-order valence-corrected chi connectivity index (χ2v) is 5.07. The van der Waals surface area contributed by atoms with E-state index in [1.807, 2.05) is 6.92 Å². The van der Waals surface area contributed by atoms with Gasteiger partial charge in [0.25, 0.3) is 0 Å². The molecule has 0 saturated carbocycles. The minimum Gasteiger partial charge on any atom is -0.394 e. The smallest absolute Gasteiger partial charge is 0.0897 e. The van der Waals surface area contributed by atoms with Gasteiger partial charge in [-0.3, -0.25) is 0 Å². The molecule has 0 amide bonds. The fourth-order valence-electron chi connectivity index (χ4n) is 2.05. The Kier molecular flexibility index (Phi) is 2.85. The number of aryl methyl sites for hydroxylation is 1. The van der Waals surface area contributed by atoms with Gasteiger partial charge in [-0.15, -0.1) is 11.3 Å². The molecule has 1 saturated heterocycles. The number of hydrogen-bond acceptors (Lipinski definition) is 4. The van der Waals surface area contributed by atoms with E-state index in [1.54, 1.807) is 11.3 Å². The van der Waals surface area contributed by atoms with E-state index in [0.717, 1.165) is 36.5 Å². The number of aliphatic hydroxyl groups excluding tert-OH is 1. The van der Waals surface area contributed by atoms with Gasteiger partial charge in [0, 0.05) is 17.3 Å². The Bertz CT molecular complexity index is 305. The quantitative estimate of drug-likeness (QED) is 0.789. The molecular weight excluding hydrogens is 196 g/mol. The molecule has 0 aliphatic carbocycles. The highest BCUT2D eigenvalue weighted by Gasteiger charge is 2.33. The van der Waals surface area contributed by atoms with Crippen molar-refractivity contribution in [1.82, 2.24) is 10.3 Å². The van der Waals surface area contributed by atoms with E-state index in [4.69, 9.17) is 0 Å². The summed E-state index contributed by atoms with van der Waals surface area (Å²) in [5, 5.41) is 16.0. The van der Waals surface area contributed by atoms with E-state index >= 15 is 0 Å². The molecule has 1 unspecified atom stereocenters. The molecular formula is C10H16N2OS. The van der Waals surface area contributed by atoms with Crippen LogP contribution >= 0.6 is 11.3 Å². The topological polar surface area (TPSA) is 45.2 Å². The molecule has 78 valence electrons. The summed E-state index contributed by atoms with van der Waals surface area (Å²) in [5.74, 6) is 0. The summed E-state index contributed by atoms with van der Waals surface area (Å²) in [6, 6.07) is 0. The standard InChI is InChI=1S/C10H16N2OS/c1-8-12-9(6-14-8)5-10(7-13)3-2-4-11-10/h6,11,13H,2-5,7H2,1H3. The first-order valence-electron chi connectivity index (χ1n) is 5.01. The third kappa shape index (κ3) is 1.97. The van der Waals surface area contributed by atoms with Gasteiger partial charge in [-0.1, -0.05) is 0 Å². The molecule has 3 nitrogen and oxygen atoms in total. The molecule has 1 aromatic rings. The Balaban J connectivity index is 2.08. The molecule has 4 heteroatoms. The van der Waals surface area contributed by atoms with Gasteiger partial charge in [0.1, 0.15) is 0 Å². The van der Waals surface area contributed by atoms with Crippen molar-refractivity contribution in [2.24, 2.45) is 0 Å². The van der Waals surface area contributed by atoms with Crippen molar-refractivity contribution >= 4 is 11.3 Å². The lowest BCUT2D eigenvalue weighted by Gasteiger charge is -2.26. The first-order chi connectivity index (χ1) is 6.74. The number of aromatic nitrogens is 1. The fourth-order valence-corrected chi connectivity index (χ4v) is 2.66. The van der Waals surface area contributed by atoms with Gasteiger partial charge < -0.3 is 10.4 Å². The lowest BCUT2D eigenvalue weighted by molar-refractivity contribution is 0.176. The van der Waals surface area contributed by atoms with Crippen LogP contribution < -0.4 is 5.32 Å². The van der Waals surface area contributed by atoms with Crippen molar-refractivity contribution in [3.8, 4) is 0 Å². The van der Waals surface area contributed by atoms with Gasteiger partial charge in [-0.25, -0.2) is 4.98 Å². The summed E-state index contributed by atoms with van der Waals surface area (Å²) in [5.41, 5.74) is 1.01. The molecule has 0 aromatic carbocycles. The number of hydrogen-bond donors (Lipinski definition) is 2. The van der Waals surface area contributed by atoms with Crippen LogP contribution in [-0.4, -0.2) is 28.8 Å². The van der Waals surface area contributed by atoms with Crippen LogP contribution in [0.1, 0.15) is 23.5 Å². The molecule has 0 spiro atoms. The van der Waals surface area contributed by atoms with Crippen molar-refractivity contribution in [3.05, 3.63) is 16.1 Å². The van der Waals surface area contributed by atoms with Crippen molar-refractivity contribution in [3.63, 3.8) is 0 Å². The van der Waals surface area contributed by atoms with Crippen LogP contribution in [-0.2, 0) is 6.42 Å². The second kappa shape index (κ2) is 3.96. The van der Waals surface area contributed by atoms with Gasteiger partial charge in [-0.05, 0) is 26.3 Å². The van der Waals surface area contributed by atoms with E-state index in [2.05, 4.69) is 15.7 Å². The summed E-state index contributed by atoms with van der Waals surface area (Å²) >= 11 is 1.68. The average molecular weight is 212 g/mol. The summed E-state index contributed by atoms with van der Waals surface area (Å²) in [6.07, 6.45) is 3.07. The van der Waals surface area contributed by atoms with Crippen LogP contribution in [0.3, 0.4) is 0 Å². The third-order valence-electron chi connectivity index (χ3n) is 2.82. The van der Waals surface area contributed by atoms with Gasteiger partial charge in [0.2, 0.25) is 0 Å². The van der Waals surface area contributed by atoms with Gasteiger partial charge >= 0.3 is 0 Å². The second-order valence-electron chi connectivity index (χ2n) is 4.00. The lowest BCUT2D eigenvalue weighted by Crippen LogP contribution is -2.45. The van der Waals surface area contributed by atoms with Crippen LogP contribution in [0.25, 0.3) is 0 Å². The maximum atomic E-state index is 9.40. The summed E-state index contributed by atoms with van der Waals surface area (Å²) in [7, 11) is 0. The van der Waals surface area contributed by atoms with Crippen molar-refractivity contribution in [2.75, 3.05) is 13.2 Å². The summed E-state index contributed by atoms with van der Waals surface area (Å²) < 4.78 is 0. The molecule has 1 aliphatic rings. The minimum absolute atomic E-state index is 0.0967. The number of rotatable bonds is 3.